The summed E-state index contributed by atoms with van der Waals surface area (Å²) in [5.41, 5.74) is 1.68. The van der Waals surface area contributed by atoms with Gasteiger partial charge in [0.15, 0.2) is 5.69 Å². The molecule has 1 aromatic heterocycles. The molecule has 2 aromatic rings. The minimum Gasteiger partial charge on any atom is -0.335 e. The van der Waals surface area contributed by atoms with Crippen molar-refractivity contribution in [1.82, 2.24) is 19.6 Å². The Hall–Kier alpha value is -3.71. The minimum atomic E-state index is -4.60. The van der Waals surface area contributed by atoms with Crippen molar-refractivity contribution in [3.63, 3.8) is 0 Å². The predicted octanol–water partition coefficient (Wildman–Crippen LogP) is 6.88. The topological polar surface area (TPSA) is 65.2 Å². The van der Waals surface area contributed by atoms with Gasteiger partial charge in [0.1, 0.15) is 5.82 Å². The van der Waals surface area contributed by atoms with Crippen molar-refractivity contribution in [1.29, 1.82) is 5.26 Å². The summed E-state index contributed by atoms with van der Waals surface area (Å²) in [4.78, 5) is 15.9. The molecule has 0 fully saturated rings. The molecule has 0 atom stereocenters. The highest BCUT2D eigenvalue weighted by Crippen LogP contribution is 2.36. The second-order valence-corrected chi connectivity index (χ2v) is 9.14. The van der Waals surface area contributed by atoms with Crippen molar-refractivity contribution in [2.75, 3.05) is 33.7 Å². The maximum absolute atomic E-state index is 13.6. The molecule has 1 aliphatic heterocycles. The first-order chi connectivity index (χ1) is 18.9. The van der Waals surface area contributed by atoms with Crippen LogP contribution in [-0.2, 0) is 17.5 Å². The number of alkyl halides is 3. The number of carbonyl (C=O) groups is 1. The van der Waals surface area contributed by atoms with E-state index in [1.54, 1.807) is 13.0 Å². The fraction of sp³-hybridized carbons (Fsp3) is 0.433. The molecule has 0 N–H and O–H groups in total. The molecule has 1 aliphatic rings. The molecule has 10 heteroatoms. The largest absolute Gasteiger partial charge is 0.435 e. The Morgan fingerprint density at radius 2 is 1.85 bits per heavy atom. The minimum absolute atomic E-state index is 0.0613. The summed E-state index contributed by atoms with van der Waals surface area (Å²) >= 11 is 0. The molecule has 218 valence electrons. The number of aromatic nitrogens is 2. The van der Waals surface area contributed by atoms with Gasteiger partial charge in [0, 0.05) is 55.2 Å². The molecular formula is C30H39F4N5O. The molecule has 40 heavy (non-hydrogen) atoms. The standard InChI is InChI=1S/C16H23N3O.C12H10F4N2.C2H6/c1-13(11-17)10-15-7-9-19(12-14(15)2)16(20)6-5-8-18(3)4;1-2-18-7-9(11(17-18)12(14,15)16)8-5-3-4-6-10(8)13;1-2/h5-6,10H,7-9,12H2,1-4H3;3-7H,2H2,1H3;1-2H3/b6-5+,13-10+;;. The zero-order valence-corrected chi connectivity index (χ0v) is 24.3. The number of hydrogen-bond donors (Lipinski definition) is 0. The third kappa shape index (κ3) is 10.5. The average molecular weight is 562 g/mol. The second-order valence-electron chi connectivity index (χ2n) is 9.14. The summed E-state index contributed by atoms with van der Waals surface area (Å²) in [6.07, 6.45) is 2.89. The molecule has 0 saturated heterocycles. The van der Waals surface area contributed by atoms with Crippen LogP contribution in [0.4, 0.5) is 17.6 Å². The van der Waals surface area contributed by atoms with Crippen molar-refractivity contribution >= 4 is 5.91 Å². The van der Waals surface area contributed by atoms with Gasteiger partial charge in [0.05, 0.1) is 6.07 Å². The lowest BCUT2D eigenvalue weighted by Gasteiger charge is -2.28. The van der Waals surface area contributed by atoms with Gasteiger partial charge in [0.25, 0.3) is 0 Å². The second kappa shape index (κ2) is 16.4. The zero-order valence-electron chi connectivity index (χ0n) is 24.3. The fourth-order valence-electron chi connectivity index (χ4n) is 3.75. The van der Waals surface area contributed by atoms with E-state index in [0.717, 1.165) is 23.7 Å². The van der Waals surface area contributed by atoms with E-state index >= 15 is 0 Å². The molecule has 2 heterocycles. The average Bonchev–Trinajstić information content (AvgIpc) is 3.36. The number of nitriles is 1. The number of allylic oxidation sites excluding steroid dienone is 2. The third-order valence-electron chi connectivity index (χ3n) is 5.76. The van der Waals surface area contributed by atoms with Crippen molar-refractivity contribution in [2.24, 2.45) is 0 Å². The number of aryl methyl sites for hydroxylation is 1. The van der Waals surface area contributed by atoms with Crippen LogP contribution in [-0.4, -0.2) is 59.2 Å². The van der Waals surface area contributed by atoms with E-state index in [1.165, 1.54) is 35.5 Å². The van der Waals surface area contributed by atoms with Gasteiger partial charge in [-0.15, -0.1) is 0 Å². The molecule has 0 bridgehead atoms. The number of carbonyl (C=O) groups excluding carboxylic acids is 1. The summed E-state index contributed by atoms with van der Waals surface area (Å²) < 4.78 is 53.1. The molecule has 0 saturated carbocycles. The smallest absolute Gasteiger partial charge is 0.335 e. The number of halogens is 4. The van der Waals surface area contributed by atoms with Gasteiger partial charge in [-0.1, -0.05) is 43.7 Å². The summed E-state index contributed by atoms with van der Waals surface area (Å²) in [7, 11) is 3.94. The lowest BCUT2D eigenvalue weighted by atomic mass is 9.99. The van der Waals surface area contributed by atoms with Crippen LogP contribution in [0, 0.1) is 17.1 Å². The van der Waals surface area contributed by atoms with Crippen molar-refractivity contribution in [3.05, 3.63) is 76.9 Å². The summed E-state index contributed by atoms with van der Waals surface area (Å²) in [5, 5.41) is 12.3. The molecular weight excluding hydrogens is 522 g/mol. The van der Waals surface area contributed by atoms with Crippen LogP contribution in [0.3, 0.4) is 0 Å². The highest BCUT2D eigenvalue weighted by molar-refractivity contribution is 5.88. The third-order valence-corrected chi connectivity index (χ3v) is 5.76. The first-order valence-electron chi connectivity index (χ1n) is 13.1. The number of amides is 1. The van der Waals surface area contributed by atoms with Gasteiger partial charge in [-0.3, -0.25) is 9.48 Å². The van der Waals surface area contributed by atoms with E-state index in [9.17, 15) is 22.4 Å². The Labute approximate surface area is 234 Å². The van der Waals surface area contributed by atoms with Crippen LogP contribution in [0.1, 0.15) is 46.7 Å². The monoisotopic (exact) mass is 561 g/mol. The Morgan fingerprint density at radius 3 is 2.38 bits per heavy atom. The first-order valence-corrected chi connectivity index (χ1v) is 13.1. The van der Waals surface area contributed by atoms with Crippen LogP contribution in [0.2, 0.25) is 0 Å². The highest BCUT2D eigenvalue weighted by atomic mass is 19.4. The maximum atomic E-state index is 13.6. The number of rotatable bonds is 6. The zero-order chi connectivity index (χ0) is 30.5. The quantitative estimate of drug-likeness (QED) is 0.219. The number of benzene rings is 1. The maximum Gasteiger partial charge on any atom is 0.435 e. The van der Waals surface area contributed by atoms with Crippen molar-refractivity contribution in [3.8, 4) is 17.2 Å². The highest BCUT2D eigenvalue weighted by Gasteiger charge is 2.38. The van der Waals surface area contributed by atoms with Crippen LogP contribution in [0.15, 0.2) is 65.4 Å². The molecule has 0 spiro atoms. The molecule has 6 nitrogen and oxygen atoms in total. The molecule has 0 radical (unpaired) electrons. The fourth-order valence-corrected chi connectivity index (χ4v) is 3.75. The SMILES string of the molecule is CC.CC1=C(/C=C(\C)C#N)CCN(C(=O)/C=C/CN(C)C)C1.CCn1cc(-c2ccccc2F)c(C(F)(F)F)n1. The predicted molar refractivity (Wildman–Crippen MR) is 151 cm³/mol. The van der Waals surface area contributed by atoms with E-state index in [4.69, 9.17) is 5.26 Å². The molecule has 1 aromatic carbocycles. The van der Waals surface area contributed by atoms with Gasteiger partial charge in [-0.25, -0.2) is 4.39 Å². The van der Waals surface area contributed by atoms with Gasteiger partial charge in [-0.2, -0.15) is 23.5 Å². The molecule has 3 rings (SSSR count). The first kappa shape index (κ1) is 34.3. The van der Waals surface area contributed by atoms with E-state index < -0.39 is 17.7 Å². The Morgan fingerprint density at radius 1 is 1.20 bits per heavy atom. The Balaban J connectivity index is 0.000000378. The van der Waals surface area contributed by atoms with Crippen molar-refractivity contribution in [2.45, 2.75) is 53.8 Å². The molecule has 1 amide bonds. The van der Waals surface area contributed by atoms with E-state index in [-0.39, 0.29) is 23.6 Å². The number of likely N-dealkylation sites (N-methyl/N-ethyl adjacent to an activating group) is 1. The summed E-state index contributed by atoms with van der Waals surface area (Å²) in [6.45, 7) is 11.9. The summed E-state index contributed by atoms with van der Waals surface area (Å²) in [6, 6.07) is 7.48. The van der Waals surface area contributed by atoms with Crippen LogP contribution < -0.4 is 0 Å². The van der Waals surface area contributed by atoms with Crippen LogP contribution in [0.25, 0.3) is 11.1 Å². The van der Waals surface area contributed by atoms with E-state index in [0.29, 0.717) is 18.7 Å². The van der Waals surface area contributed by atoms with Gasteiger partial charge >= 0.3 is 6.18 Å². The lowest BCUT2D eigenvalue weighted by molar-refractivity contribution is -0.141. The number of nitrogens with zero attached hydrogens (tertiary/aromatic N) is 5. The van der Waals surface area contributed by atoms with E-state index in [2.05, 4.69) is 11.2 Å². The van der Waals surface area contributed by atoms with Gasteiger partial charge in [0.2, 0.25) is 5.91 Å². The van der Waals surface area contributed by atoms with Gasteiger partial charge in [-0.05, 0) is 59.0 Å². The molecule has 0 unspecified atom stereocenters. The lowest BCUT2D eigenvalue weighted by Crippen LogP contribution is -2.35. The summed E-state index contributed by atoms with van der Waals surface area (Å²) in [5.74, 6) is -0.634. The normalized spacial score (nSPS) is 14.0. The Bertz CT molecular complexity index is 1250. The van der Waals surface area contributed by atoms with Crippen molar-refractivity contribution < 1.29 is 22.4 Å². The van der Waals surface area contributed by atoms with Crippen LogP contribution >= 0.6 is 0 Å². The Kier molecular flexibility index (Phi) is 14.1. The molecule has 0 aliphatic carbocycles. The van der Waals surface area contributed by atoms with E-state index in [1.807, 2.05) is 63.7 Å². The number of hydrogen-bond acceptors (Lipinski definition) is 4. The van der Waals surface area contributed by atoms with Gasteiger partial charge < -0.3 is 9.80 Å². The van der Waals surface area contributed by atoms with Crippen LogP contribution in [0.5, 0.6) is 0 Å².